The number of alkyl halides is 1. The number of halogens is 1. The number of rotatable bonds is 2. The normalized spacial score (nSPS) is 10.8. The van der Waals surface area contributed by atoms with Crippen LogP contribution in [0.2, 0.25) is 0 Å². The van der Waals surface area contributed by atoms with Crippen molar-refractivity contribution in [3.05, 3.63) is 0 Å². The van der Waals surface area contributed by atoms with Gasteiger partial charge in [-0.05, 0) is 5.92 Å². The zero-order chi connectivity index (χ0) is 6.62. The highest BCUT2D eigenvalue weighted by molar-refractivity contribution is 4.82. The molecule has 0 aliphatic carbocycles. The monoisotopic (exact) mass is 116 g/mol. The van der Waals surface area contributed by atoms with Crippen molar-refractivity contribution < 1.29 is 8.87 Å². The van der Waals surface area contributed by atoms with Gasteiger partial charge < -0.3 is 0 Å². The predicted molar refractivity (Wildman–Crippen MR) is 31.8 cm³/mol. The largest absolute Gasteiger partial charge is 0.292 e. The first-order chi connectivity index (χ1) is 3.62. The molecular weight excluding hydrogens is 105 g/mol. The summed E-state index contributed by atoms with van der Waals surface area (Å²) in [6.07, 6.45) is 4.96. The van der Waals surface area contributed by atoms with E-state index in [-0.39, 0.29) is 4.48 Å². The Bertz CT molecular complexity index is 102. The Balaban J connectivity index is 3.58. The Kier molecular flexibility index (Phi) is 2.50. The summed E-state index contributed by atoms with van der Waals surface area (Å²) >= 11 is 0. The van der Waals surface area contributed by atoms with E-state index in [0.29, 0.717) is 6.54 Å². The molecule has 0 N–H and O–H groups in total. The van der Waals surface area contributed by atoms with Crippen molar-refractivity contribution in [2.75, 3.05) is 27.4 Å². The summed E-state index contributed by atoms with van der Waals surface area (Å²) in [5, 5.41) is 0. The molecule has 0 bridgehead atoms. The fourth-order valence-corrected chi connectivity index (χ4v) is 0.289. The van der Waals surface area contributed by atoms with E-state index in [1.807, 2.05) is 0 Å². The first-order valence-electron chi connectivity index (χ1n) is 2.44. The summed E-state index contributed by atoms with van der Waals surface area (Å²) in [6.45, 7) is 0.0562. The van der Waals surface area contributed by atoms with E-state index in [9.17, 15) is 4.39 Å². The second-order valence-corrected chi connectivity index (χ2v) is 2.42. The summed E-state index contributed by atoms with van der Waals surface area (Å²) in [6, 6.07) is 0. The lowest BCUT2D eigenvalue weighted by atomic mass is 10.5. The summed E-state index contributed by atoms with van der Waals surface area (Å²) < 4.78 is 12.1. The number of hydrogen-bond acceptors (Lipinski definition) is 0. The molecule has 0 saturated carbocycles. The molecule has 0 rings (SSSR count). The number of nitrogens with zero attached hydrogens (tertiary/aromatic N) is 1. The molecular formula is C6H11FN+. The maximum atomic E-state index is 11.8. The van der Waals surface area contributed by atoms with Crippen LogP contribution in [0.5, 0.6) is 0 Å². The molecule has 0 aromatic heterocycles. The van der Waals surface area contributed by atoms with Gasteiger partial charge in [-0.3, -0.25) is 4.48 Å². The van der Waals surface area contributed by atoms with E-state index in [4.69, 9.17) is 6.42 Å². The number of quaternary nitrogens is 1. The molecule has 0 amide bonds. The third-order valence-electron chi connectivity index (χ3n) is 0.843. The average molecular weight is 116 g/mol. The van der Waals surface area contributed by atoms with Gasteiger partial charge in [0.2, 0.25) is 6.80 Å². The van der Waals surface area contributed by atoms with Gasteiger partial charge in [-0.25, -0.2) is 0 Å². The molecule has 2 heteroatoms. The fourth-order valence-electron chi connectivity index (χ4n) is 0.289. The topological polar surface area (TPSA) is 0 Å². The van der Waals surface area contributed by atoms with Crippen LogP contribution in [0.4, 0.5) is 4.39 Å². The van der Waals surface area contributed by atoms with Gasteiger partial charge >= 0.3 is 0 Å². The van der Waals surface area contributed by atoms with Crippen molar-refractivity contribution in [3.63, 3.8) is 0 Å². The van der Waals surface area contributed by atoms with Gasteiger partial charge in [0.25, 0.3) is 0 Å². The molecule has 0 fully saturated rings. The smallest absolute Gasteiger partial charge is 0.222 e. The standard InChI is InChI=1S/C6H11FN/c1-4-5-8(2,3)6-7/h1H,5-6H2,2-3H3/q+1. The molecule has 0 saturated heterocycles. The van der Waals surface area contributed by atoms with Crippen LogP contribution >= 0.6 is 0 Å². The Morgan fingerprint density at radius 3 is 2.25 bits per heavy atom. The lowest BCUT2D eigenvalue weighted by molar-refractivity contribution is -0.895. The molecule has 1 nitrogen and oxygen atoms in total. The van der Waals surface area contributed by atoms with Crippen LogP contribution in [0.3, 0.4) is 0 Å². The molecule has 46 valence electrons. The van der Waals surface area contributed by atoms with Crippen molar-refractivity contribution in [3.8, 4) is 12.3 Å². The Morgan fingerprint density at radius 2 is 2.12 bits per heavy atom. The minimum Gasteiger partial charge on any atom is -0.292 e. The van der Waals surface area contributed by atoms with Crippen molar-refractivity contribution >= 4 is 0 Å². The minimum absolute atomic E-state index is 0.260. The van der Waals surface area contributed by atoms with Crippen molar-refractivity contribution in [1.29, 1.82) is 0 Å². The first kappa shape index (κ1) is 7.45. The van der Waals surface area contributed by atoms with Gasteiger partial charge in [-0.15, -0.1) is 6.42 Å². The van der Waals surface area contributed by atoms with Crippen molar-refractivity contribution in [2.45, 2.75) is 0 Å². The van der Waals surface area contributed by atoms with E-state index in [1.165, 1.54) is 0 Å². The van der Waals surface area contributed by atoms with E-state index >= 15 is 0 Å². The quantitative estimate of drug-likeness (QED) is 0.282. The van der Waals surface area contributed by atoms with Crippen LogP contribution in [0.1, 0.15) is 0 Å². The minimum atomic E-state index is -0.399. The molecule has 0 unspecified atom stereocenters. The molecule has 0 heterocycles. The SMILES string of the molecule is C#CC[N+](C)(C)CF. The second kappa shape index (κ2) is 2.68. The lowest BCUT2D eigenvalue weighted by Crippen LogP contribution is -2.38. The Labute approximate surface area is 49.7 Å². The van der Waals surface area contributed by atoms with Gasteiger partial charge in [0.05, 0.1) is 14.1 Å². The van der Waals surface area contributed by atoms with Gasteiger partial charge in [0.1, 0.15) is 6.54 Å². The highest BCUT2D eigenvalue weighted by Gasteiger charge is 2.09. The van der Waals surface area contributed by atoms with Gasteiger partial charge in [-0.2, -0.15) is 4.39 Å². The fraction of sp³-hybridized carbons (Fsp3) is 0.667. The zero-order valence-electron chi connectivity index (χ0n) is 5.32. The molecule has 0 aliphatic heterocycles. The molecule has 0 atom stereocenters. The van der Waals surface area contributed by atoms with Crippen LogP contribution in [0.25, 0.3) is 0 Å². The lowest BCUT2D eigenvalue weighted by Gasteiger charge is -2.22. The molecule has 0 radical (unpaired) electrons. The predicted octanol–water partition coefficient (Wildman–Crippen LogP) is 0.623. The van der Waals surface area contributed by atoms with Crippen molar-refractivity contribution in [2.24, 2.45) is 0 Å². The number of hydrogen-bond donors (Lipinski definition) is 0. The van der Waals surface area contributed by atoms with Crippen LogP contribution in [0.15, 0.2) is 0 Å². The molecule has 0 spiro atoms. The first-order valence-corrected chi connectivity index (χ1v) is 2.44. The van der Waals surface area contributed by atoms with Gasteiger partial charge in [0.15, 0.2) is 0 Å². The second-order valence-electron chi connectivity index (χ2n) is 2.42. The molecule has 0 aromatic rings. The van der Waals surface area contributed by atoms with Crippen LogP contribution < -0.4 is 0 Å². The van der Waals surface area contributed by atoms with E-state index in [2.05, 4.69) is 5.92 Å². The van der Waals surface area contributed by atoms with Crippen molar-refractivity contribution in [1.82, 2.24) is 0 Å². The number of terminal acetylenes is 1. The highest BCUT2D eigenvalue weighted by atomic mass is 19.1. The third kappa shape index (κ3) is 2.59. The maximum Gasteiger partial charge on any atom is 0.222 e. The van der Waals surface area contributed by atoms with Crippen LogP contribution in [-0.4, -0.2) is 31.9 Å². The molecule has 0 aliphatic rings. The summed E-state index contributed by atoms with van der Waals surface area (Å²) in [4.78, 5) is 0. The van der Waals surface area contributed by atoms with Crippen LogP contribution in [0, 0.1) is 12.3 Å². The Morgan fingerprint density at radius 1 is 1.62 bits per heavy atom. The van der Waals surface area contributed by atoms with Crippen LogP contribution in [-0.2, 0) is 0 Å². The maximum absolute atomic E-state index is 11.8. The van der Waals surface area contributed by atoms with E-state index in [1.54, 1.807) is 14.1 Å². The summed E-state index contributed by atoms with van der Waals surface area (Å²) in [5.74, 6) is 2.39. The van der Waals surface area contributed by atoms with Gasteiger partial charge in [0, 0.05) is 0 Å². The molecule has 0 aromatic carbocycles. The Hall–Kier alpha value is -0.550. The molecule has 8 heavy (non-hydrogen) atoms. The van der Waals surface area contributed by atoms with Gasteiger partial charge in [-0.1, -0.05) is 0 Å². The highest BCUT2D eigenvalue weighted by Crippen LogP contribution is 1.93. The summed E-state index contributed by atoms with van der Waals surface area (Å²) in [5.41, 5.74) is 0. The van der Waals surface area contributed by atoms with E-state index in [0.717, 1.165) is 0 Å². The third-order valence-corrected chi connectivity index (χ3v) is 0.843. The van der Waals surface area contributed by atoms with E-state index < -0.39 is 6.80 Å². The summed E-state index contributed by atoms with van der Waals surface area (Å²) in [7, 11) is 3.50. The zero-order valence-corrected chi connectivity index (χ0v) is 5.32. The average Bonchev–Trinajstić information content (AvgIpc) is 1.67.